The van der Waals surface area contributed by atoms with E-state index in [1.807, 2.05) is 6.07 Å². The summed E-state index contributed by atoms with van der Waals surface area (Å²) < 4.78 is 39.0. The second kappa shape index (κ2) is 7.35. The van der Waals surface area contributed by atoms with Gasteiger partial charge in [0.1, 0.15) is 0 Å². The van der Waals surface area contributed by atoms with Gasteiger partial charge in [-0.25, -0.2) is 0 Å². The molecule has 1 aromatic carbocycles. The summed E-state index contributed by atoms with van der Waals surface area (Å²) in [5.41, 5.74) is 0.969. The predicted octanol–water partition coefficient (Wildman–Crippen LogP) is 4.09. The van der Waals surface area contributed by atoms with E-state index in [1.165, 1.54) is 12.1 Å². The number of carbonyl (C=O) groups is 1. The normalized spacial score (nSPS) is 11.2. The lowest BCUT2D eigenvalue weighted by atomic mass is 10.1. The molecule has 2 aromatic heterocycles. The lowest BCUT2D eigenvalue weighted by Gasteiger charge is -2.13. The zero-order valence-electron chi connectivity index (χ0n) is 13.5. The topological polar surface area (TPSA) is 54.9 Å². The summed E-state index contributed by atoms with van der Waals surface area (Å²) in [6.45, 7) is 0.0616. The molecule has 3 aromatic rings. The molecule has 3 rings (SSSR count). The molecule has 0 saturated carbocycles. The van der Waals surface area contributed by atoms with E-state index >= 15 is 0 Å². The maximum atomic E-state index is 13.0. The number of nitrogens with one attached hydrogen (secondary N) is 1. The summed E-state index contributed by atoms with van der Waals surface area (Å²) in [7, 11) is 0. The van der Waals surface area contributed by atoms with Crippen molar-refractivity contribution in [2.24, 2.45) is 0 Å². The smallest absolute Gasteiger partial charge is 0.348 e. The van der Waals surface area contributed by atoms with Crippen LogP contribution >= 0.6 is 0 Å². The molecule has 0 aliphatic rings. The van der Waals surface area contributed by atoms with Gasteiger partial charge in [0.05, 0.1) is 11.1 Å². The van der Waals surface area contributed by atoms with Crippen molar-refractivity contribution in [1.29, 1.82) is 0 Å². The lowest BCUT2D eigenvalue weighted by molar-refractivity contribution is -0.137. The lowest BCUT2D eigenvalue weighted by Crippen LogP contribution is -2.25. The third kappa shape index (κ3) is 4.05. The van der Waals surface area contributed by atoms with Crippen LogP contribution in [0.1, 0.15) is 21.5 Å². The summed E-state index contributed by atoms with van der Waals surface area (Å²) in [6.07, 6.45) is 1.95. The Hall–Kier alpha value is -3.22. The number of alkyl halides is 3. The zero-order chi connectivity index (χ0) is 18.6. The average molecular weight is 357 g/mol. The Morgan fingerprint density at radius 1 is 0.962 bits per heavy atom. The van der Waals surface area contributed by atoms with E-state index < -0.39 is 23.2 Å². The summed E-state index contributed by atoms with van der Waals surface area (Å²) >= 11 is 0. The van der Waals surface area contributed by atoms with Gasteiger partial charge in [-0.3, -0.25) is 14.8 Å². The zero-order valence-corrected chi connectivity index (χ0v) is 13.5. The fourth-order valence-electron chi connectivity index (χ4n) is 2.48. The number of rotatable bonds is 4. The van der Waals surface area contributed by atoms with Crippen LogP contribution in [0.4, 0.5) is 13.2 Å². The Kier molecular flexibility index (Phi) is 4.97. The molecule has 0 aliphatic heterocycles. The van der Waals surface area contributed by atoms with Crippen molar-refractivity contribution in [2.45, 2.75) is 12.7 Å². The maximum absolute atomic E-state index is 13.0. The van der Waals surface area contributed by atoms with Crippen molar-refractivity contribution in [3.05, 3.63) is 83.9 Å². The highest BCUT2D eigenvalue weighted by Crippen LogP contribution is 2.31. The number of carbonyl (C=O) groups excluding carboxylic acids is 1. The molecule has 26 heavy (non-hydrogen) atoms. The van der Waals surface area contributed by atoms with Gasteiger partial charge in [-0.15, -0.1) is 0 Å². The van der Waals surface area contributed by atoms with E-state index in [4.69, 9.17) is 0 Å². The first kappa shape index (κ1) is 17.6. The van der Waals surface area contributed by atoms with Crippen LogP contribution in [0.25, 0.3) is 11.1 Å². The quantitative estimate of drug-likeness (QED) is 0.765. The molecule has 0 bridgehead atoms. The summed E-state index contributed by atoms with van der Waals surface area (Å²) in [5.74, 6) is -0.787. The van der Waals surface area contributed by atoms with Crippen LogP contribution in [0.5, 0.6) is 0 Å². The number of halogens is 3. The Bertz CT molecular complexity index is 911. The molecule has 2 heterocycles. The average Bonchev–Trinajstić information content (AvgIpc) is 2.66. The number of nitrogens with zero attached hydrogens (tertiary/aromatic N) is 2. The Labute approximate surface area is 147 Å². The number of hydrogen-bond donors (Lipinski definition) is 1. The van der Waals surface area contributed by atoms with E-state index in [-0.39, 0.29) is 6.54 Å². The molecule has 1 amide bonds. The van der Waals surface area contributed by atoms with Gasteiger partial charge < -0.3 is 5.32 Å². The Morgan fingerprint density at radius 3 is 2.46 bits per heavy atom. The molecule has 0 radical (unpaired) electrons. The van der Waals surface area contributed by atoms with Gasteiger partial charge in [-0.05, 0) is 29.8 Å². The number of amides is 1. The van der Waals surface area contributed by atoms with Crippen LogP contribution in [0.3, 0.4) is 0 Å². The standard InChI is InChI=1S/C19H14F3N3O/c20-19(21,22)17-6-2-1-5-16(17)18(26)25-10-13-8-15(12-24-9-13)14-4-3-7-23-11-14/h1-9,11-12H,10H2,(H,25,26). The minimum absolute atomic E-state index is 0.0616. The van der Waals surface area contributed by atoms with Crippen molar-refractivity contribution >= 4 is 5.91 Å². The van der Waals surface area contributed by atoms with Crippen molar-refractivity contribution < 1.29 is 18.0 Å². The molecule has 4 nitrogen and oxygen atoms in total. The molecule has 0 saturated heterocycles. The number of benzene rings is 1. The molecule has 1 N–H and O–H groups in total. The minimum atomic E-state index is -4.59. The highest BCUT2D eigenvalue weighted by atomic mass is 19.4. The van der Waals surface area contributed by atoms with Crippen molar-refractivity contribution in [3.8, 4) is 11.1 Å². The minimum Gasteiger partial charge on any atom is -0.348 e. The van der Waals surface area contributed by atoms with Crippen LogP contribution in [0.2, 0.25) is 0 Å². The summed E-state index contributed by atoms with van der Waals surface area (Å²) in [4.78, 5) is 20.3. The molecule has 0 unspecified atom stereocenters. The summed E-state index contributed by atoms with van der Waals surface area (Å²) in [5, 5.41) is 2.51. The molecule has 0 atom stereocenters. The number of aromatic nitrogens is 2. The van der Waals surface area contributed by atoms with Gasteiger partial charge in [0.25, 0.3) is 5.91 Å². The molecule has 7 heteroatoms. The third-order valence-electron chi connectivity index (χ3n) is 3.72. The molecule has 0 aliphatic carbocycles. The number of hydrogen-bond acceptors (Lipinski definition) is 3. The van der Waals surface area contributed by atoms with E-state index in [2.05, 4.69) is 15.3 Å². The highest BCUT2D eigenvalue weighted by molar-refractivity contribution is 5.95. The van der Waals surface area contributed by atoms with Crippen LogP contribution in [-0.2, 0) is 12.7 Å². The Balaban J connectivity index is 1.75. The molecule has 0 spiro atoms. The largest absolute Gasteiger partial charge is 0.417 e. The predicted molar refractivity (Wildman–Crippen MR) is 90.1 cm³/mol. The van der Waals surface area contributed by atoms with Gasteiger partial charge in [0.2, 0.25) is 0 Å². The monoisotopic (exact) mass is 357 g/mol. The van der Waals surface area contributed by atoms with Crippen molar-refractivity contribution in [1.82, 2.24) is 15.3 Å². The van der Waals surface area contributed by atoms with Crippen LogP contribution in [0.15, 0.2) is 67.3 Å². The second-order valence-corrected chi connectivity index (χ2v) is 5.55. The van der Waals surface area contributed by atoms with Crippen molar-refractivity contribution in [2.75, 3.05) is 0 Å². The highest BCUT2D eigenvalue weighted by Gasteiger charge is 2.34. The molecular weight excluding hydrogens is 343 g/mol. The van der Waals surface area contributed by atoms with E-state index in [9.17, 15) is 18.0 Å². The van der Waals surface area contributed by atoms with Crippen molar-refractivity contribution in [3.63, 3.8) is 0 Å². The van der Waals surface area contributed by atoms with Gasteiger partial charge in [0, 0.05) is 42.5 Å². The number of pyridine rings is 2. The first-order chi connectivity index (χ1) is 12.4. The van der Waals surface area contributed by atoms with E-state index in [0.717, 1.165) is 23.3 Å². The van der Waals surface area contributed by atoms with E-state index in [0.29, 0.717) is 5.56 Å². The SMILES string of the molecule is O=C(NCc1cncc(-c2cccnc2)c1)c1ccccc1C(F)(F)F. The molecule has 0 fully saturated rings. The summed E-state index contributed by atoms with van der Waals surface area (Å²) in [6, 6.07) is 10.2. The fourth-order valence-corrected chi connectivity index (χ4v) is 2.48. The first-order valence-electron chi connectivity index (χ1n) is 7.74. The van der Waals surface area contributed by atoms with Crippen LogP contribution in [0, 0.1) is 0 Å². The van der Waals surface area contributed by atoms with Crippen LogP contribution in [-0.4, -0.2) is 15.9 Å². The first-order valence-corrected chi connectivity index (χ1v) is 7.74. The molecular formula is C19H14F3N3O. The van der Waals surface area contributed by atoms with Crippen LogP contribution < -0.4 is 5.32 Å². The Morgan fingerprint density at radius 2 is 1.73 bits per heavy atom. The fraction of sp³-hybridized carbons (Fsp3) is 0.105. The van der Waals surface area contributed by atoms with Gasteiger partial charge in [0.15, 0.2) is 0 Å². The maximum Gasteiger partial charge on any atom is 0.417 e. The van der Waals surface area contributed by atoms with Gasteiger partial charge in [-0.2, -0.15) is 13.2 Å². The molecule has 132 valence electrons. The second-order valence-electron chi connectivity index (χ2n) is 5.55. The van der Waals surface area contributed by atoms with E-state index in [1.54, 1.807) is 36.9 Å². The van der Waals surface area contributed by atoms with Gasteiger partial charge >= 0.3 is 6.18 Å². The third-order valence-corrected chi connectivity index (χ3v) is 3.72. The van der Waals surface area contributed by atoms with Gasteiger partial charge in [-0.1, -0.05) is 18.2 Å².